The molecule has 1 aliphatic rings. The van der Waals surface area contributed by atoms with E-state index in [-0.39, 0.29) is 17.2 Å². The molecule has 0 saturated carbocycles. The average Bonchev–Trinajstić information content (AvgIpc) is 3.06. The van der Waals surface area contributed by atoms with Crippen LogP contribution < -0.4 is 10.1 Å². The van der Waals surface area contributed by atoms with Gasteiger partial charge in [-0.25, -0.2) is 9.18 Å². The Balaban J connectivity index is 1.76. The Bertz CT molecular complexity index is 742. The van der Waals surface area contributed by atoms with Crippen molar-refractivity contribution in [2.24, 2.45) is 0 Å². The minimum atomic E-state index is -0.328. The van der Waals surface area contributed by atoms with Crippen LogP contribution in [0.5, 0.6) is 5.75 Å². The summed E-state index contributed by atoms with van der Waals surface area (Å²) in [4.78, 5) is 14.3. The van der Waals surface area contributed by atoms with Gasteiger partial charge in [0.05, 0.1) is 11.6 Å². The molecule has 2 aromatic carbocycles. The maximum Gasteiger partial charge on any atom is 0.323 e. The van der Waals surface area contributed by atoms with Crippen LogP contribution in [0.25, 0.3) is 0 Å². The van der Waals surface area contributed by atoms with Crippen LogP contribution in [0, 0.1) is 5.82 Å². The number of ether oxygens (including phenoxy) is 1. The number of benzene rings is 2. The number of urea groups is 1. The fourth-order valence-corrected chi connectivity index (χ4v) is 4.32. The molecule has 1 atom stereocenters. The molecule has 1 saturated heterocycles. The van der Waals surface area contributed by atoms with Gasteiger partial charge in [-0.15, -0.1) is 11.8 Å². The molecule has 126 valence electrons. The van der Waals surface area contributed by atoms with Crippen molar-refractivity contribution in [2.75, 3.05) is 24.7 Å². The van der Waals surface area contributed by atoms with E-state index < -0.39 is 0 Å². The Labute approximate surface area is 152 Å². The van der Waals surface area contributed by atoms with E-state index in [4.69, 9.17) is 4.74 Å². The first kappa shape index (κ1) is 17.1. The minimum Gasteiger partial charge on any atom is -0.496 e. The molecule has 0 spiro atoms. The Morgan fingerprint density at radius 1 is 1.33 bits per heavy atom. The lowest BCUT2D eigenvalue weighted by molar-refractivity contribution is 0.214. The number of nitrogens with one attached hydrogen (secondary N) is 1. The van der Waals surface area contributed by atoms with E-state index in [1.54, 1.807) is 35.9 Å². The van der Waals surface area contributed by atoms with E-state index >= 15 is 0 Å². The number of hydrogen-bond acceptors (Lipinski definition) is 3. The molecule has 24 heavy (non-hydrogen) atoms. The Hall–Kier alpha value is -1.73. The molecule has 4 nitrogen and oxygen atoms in total. The maximum atomic E-state index is 13.0. The van der Waals surface area contributed by atoms with Crippen molar-refractivity contribution in [2.45, 2.75) is 5.37 Å². The second-order valence-electron chi connectivity index (χ2n) is 5.25. The zero-order valence-electron chi connectivity index (χ0n) is 13.0. The van der Waals surface area contributed by atoms with Crippen molar-refractivity contribution in [1.82, 2.24) is 4.90 Å². The summed E-state index contributed by atoms with van der Waals surface area (Å²) in [6, 6.07) is 11.4. The van der Waals surface area contributed by atoms with Gasteiger partial charge in [-0.05, 0) is 57.9 Å². The molecular weight excluding hydrogens is 395 g/mol. The van der Waals surface area contributed by atoms with Crippen LogP contribution in [0.3, 0.4) is 0 Å². The molecule has 7 heteroatoms. The third-order valence-corrected chi connectivity index (χ3v) is 5.59. The highest BCUT2D eigenvalue weighted by molar-refractivity contribution is 9.10. The number of carbonyl (C=O) groups excluding carboxylic acids is 1. The summed E-state index contributed by atoms with van der Waals surface area (Å²) < 4.78 is 19.1. The second-order valence-corrected chi connectivity index (χ2v) is 7.29. The first-order valence-electron chi connectivity index (χ1n) is 7.36. The topological polar surface area (TPSA) is 41.6 Å². The Morgan fingerprint density at radius 2 is 2.08 bits per heavy atom. The predicted molar refractivity (Wildman–Crippen MR) is 98.0 cm³/mol. The van der Waals surface area contributed by atoms with Gasteiger partial charge in [-0.2, -0.15) is 0 Å². The van der Waals surface area contributed by atoms with Crippen molar-refractivity contribution < 1.29 is 13.9 Å². The maximum absolute atomic E-state index is 13.0. The van der Waals surface area contributed by atoms with Crippen molar-refractivity contribution in [3.8, 4) is 5.75 Å². The normalized spacial score (nSPS) is 17.0. The van der Waals surface area contributed by atoms with E-state index in [2.05, 4.69) is 21.2 Å². The summed E-state index contributed by atoms with van der Waals surface area (Å²) in [5.74, 6) is 1.29. The van der Waals surface area contributed by atoms with Gasteiger partial charge < -0.3 is 15.0 Å². The summed E-state index contributed by atoms with van der Waals surface area (Å²) in [6.45, 7) is 0.659. The quantitative estimate of drug-likeness (QED) is 0.783. The molecule has 1 aliphatic heterocycles. The molecule has 3 rings (SSSR count). The van der Waals surface area contributed by atoms with Gasteiger partial charge in [0.15, 0.2) is 0 Å². The Kier molecular flexibility index (Phi) is 5.30. The zero-order chi connectivity index (χ0) is 17.1. The highest BCUT2D eigenvalue weighted by atomic mass is 79.9. The molecular formula is C17H16BrFN2O2S. The van der Waals surface area contributed by atoms with Gasteiger partial charge in [-0.1, -0.05) is 6.07 Å². The van der Waals surface area contributed by atoms with Crippen LogP contribution in [0.1, 0.15) is 10.9 Å². The number of hydrogen-bond donors (Lipinski definition) is 1. The lowest BCUT2D eigenvalue weighted by Gasteiger charge is -2.25. The fourth-order valence-electron chi connectivity index (χ4n) is 2.52. The molecule has 0 bridgehead atoms. The van der Waals surface area contributed by atoms with Gasteiger partial charge >= 0.3 is 6.03 Å². The minimum absolute atomic E-state index is 0.0624. The van der Waals surface area contributed by atoms with Gasteiger partial charge in [0.25, 0.3) is 0 Å². The zero-order valence-corrected chi connectivity index (χ0v) is 15.4. The SMILES string of the molecule is COc1ccc([C@H]2SCCN2C(=O)Nc2ccc(F)cc2)cc1Br. The van der Waals surface area contributed by atoms with Crippen molar-refractivity contribution >= 4 is 39.4 Å². The van der Waals surface area contributed by atoms with Crippen molar-refractivity contribution in [3.05, 3.63) is 58.3 Å². The standard InChI is InChI=1S/C17H16BrFN2O2S/c1-23-15-7-2-11(10-14(15)18)16-21(8-9-24-16)17(22)20-13-5-3-12(19)4-6-13/h2-7,10,16H,8-9H2,1H3,(H,20,22)/t16-/m1/s1. The smallest absolute Gasteiger partial charge is 0.323 e. The van der Waals surface area contributed by atoms with E-state index in [0.717, 1.165) is 21.5 Å². The summed E-state index contributed by atoms with van der Waals surface area (Å²) in [5, 5.41) is 2.76. The van der Waals surface area contributed by atoms with Crippen LogP contribution in [0.4, 0.5) is 14.9 Å². The number of anilines is 1. The Morgan fingerprint density at radius 3 is 2.75 bits per heavy atom. The molecule has 1 N–H and O–H groups in total. The first-order valence-corrected chi connectivity index (χ1v) is 9.21. The first-order chi connectivity index (χ1) is 11.6. The molecule has 0 aromatic heterocycles. The molecule has 1 heterocycles. The van der Waals surface area contributed by atoms with Crippen LogP contribution >= 0.6 is 27.7 Å². The average molecular weight is 411 g/mol. The fraction of sp³-hybridized carbons (Fsp3) is 0.235. The number of methoxy groups -OCH3 is 1. The monoisotopic (exact) mass is 410 g/mol. The lowest BCUT2D eigenvalue weighted by atomic mass is 10.2. The van der Waals surface area contributed by atoms with Gasteiger partial charge in [0.2, 0.25) is 0 Å². The molecule has 0 radical (unpaired) electrons. The number of thioether (sulfide) groups is 1. The molecule has 0 aliphatic carbocycles. The largest absolute Gasteiger partial charge is 0.496 e. The lowest BCUT2D eigenvalue weighted by Crippen LogP contribution is -2.34. The van der Waals surface area contributed by atoms with Gasteiger partial charge in [-0.3, -0.25) is 0 Å². The van der Waals surface area contributed by atoms with Crippen LogP contribution in [-0.2, 0) is 0 Å². The highest BCUT2D eigenvalue weighted by Crippen LogP contribution is 2.40. The summed E-state index contributed by atoms with van der Waals surface area (Å²) in [7, 11) is 1.62. The van der Waals surface area contributed by atoms with Gasteiger partial charge in [0.1, 0.15) is 16.9 Å². The predicted octanol–water partition coefficient (Wildman–Crippen LogP) is 4.88. The van der Waals surface area contributed by atoms with Crippen LogP contribution in [-0.4, -0.2) is 30.3 Å². The van der Waals surface area contributed by atoms with Crippen LogP contribution in [0.2, 0.25) is 0 Å². The second kappa shape index (κ2) is 7.44. The molecule has 1 fully saturated rings. The van der Waals surface area contributed by atoms with Crippen LogP contribution in [0.15, 0.2) is 46.9 Å². The number of halogens is 2. The summed E-state index contributed by atoms with van der Waals surface area (Å²) in [5.41, 5.74) is 1.60. The van der Waals surface area contributed by atoms with E-state index in [1.165, 1.54) is 12.1 Å². The highest BCUT2D eigenvalue weighted by Gasteiger charge is 2.31. The third kappa shape index (κ3) is 3.67. The number of nitrogens with zero attached hydrogens (tertiary/aromatic N) is 1. The number of carbonyl (C=O) groups is 1. The molecule has 0 unspecified atom stereocenters. The van der Waals surface area contributed by atoms with Crippen molar-refractivity contribution in [1.29, 1.82) is 0 Å². The van der Waals surface area contributed by atoms with Crippen molar-refractivity contribution in [3.63, 3.8) is 0 Å². The number of rotatable bonds is 3. The molecule has 2 amide bonds. The van der Waals surface area contributed by atoms with E-state index in [9.17, 15) is 9.18 Å². The van der Waals surface area contributed by atoms with E-state index in [0.29, 0.717) is 12.2 Å². The molecule has 2 aromatic rings. The van der Waals surface area contributed by atoms with E-state index in [1.807, 2.05) is 18.2 Å². The third-order valence-electron chi connectivity index (χ3n) is 3.71. The summed E-state index contributed by atoms with van der Waals surface area (Å²) in [6.07, 6.45) is 0. The number of amides is 2. The van der Waals surface area contributed by atoms with Gasteiger partial charge in [0, 0.05) is 18.0 Å². The summed E-state index contributed by atoms with van der Waals surface area (Å²) >= 11 is 5.19.